The molecular weight excluding hydrogens is 224 g/mol. The van der Waals surface area contributed by atoms with Crippen molar-refractivity contribution in [2.24, 2.45) is 11.7 Å². The molecule has 0 aliphatic rings. The molecule has 1 rings (SSSR count). The second-order valence-electron chi connectivity index (χ2n) is 3.31. The summed E-state index contributed by atoms with van der Waals surface area (Å²) in [6.45, 7) is 1.44. The van der Waals surface area contributed by atoms with E-state index in [9.17, 15) is 9.59 Å². The summed E-state index contributed by atoms with van der Waals surface area (Å²) in [4.78, 5) is 22.5. The number of thiocarbonyl (C=S) groups is 1. The van der Waals surface area contributed by atoms with Crippen molar-refractivity contribution in [1.29, 1.82) is 0 Å². The Morgan fingerprint density at radius 1 is 1.31 bits per heavy atom. The quantitative estimate of drug-likeness (QED) is 0.596. The summed E-state index contributed by atoms with van der Waals surface area (Å²) in [5, 5.41) is 2.47. The lowest BCUT2D eigenvalue weighted by atomic mass is 10.1. The number of primary amides is 1. The summed E-state index contributed by atoms with van der Waals surface area (Å²) in [6.07, 6.45) is 0. The highest BCUT2D eigenvalue weighted by Gasteiger charge is 2.19. The number of carbonyl (C=O) groups is 2. The fourth-order valence-corrected chi connectivity index (χ4v) is 1.25. The van der Waals surface area contributed by atoms with Gasteiger partial charge in [0.2, 0.25) is 11.8 Å². The minimum absolute atomic E-state index is 0.290. The maximum atomic E-state index is 11.5. The zero-order chi connectivity index (χ0) is 12.1. The average molecular weight is 236 g/mol. The van der Waals surface area contributed by atoms with Crippen LogP contribution in [0.4, 0.5) is 0 Å². The summed E-state index contributed by atoms with van der Waals surface area (Å²) in [7, 11) is 0. The fourth-order valence-electron chi connectivity index (χ4n) is 1.01. The first-order chi connectivity index (χ1) is 7.52. The molecule has 0 aliphatic carbocycles. The Hall–Kier alpha value is -1.75. The predicted molar refractivity (Wildman–Crippen MR) is 64.6 cm³/mol. The molecule has 0 heterocycles. The first-order valence-electron chi connectivity index (χ1n) is 4.72. The van der Waals surface area contributed by atoms with E-state index in [1.807, 2.05) is 18.2 Å². The highest BCUT2D eigenvalue weighted by Crippen LogP contribution is 2.01. The largest absolute Gasteiger partial charge is 0.369 e. The van der Waals surface area contributed by atoms with Crippen LogP contribution in [0.5, 0.6) is 0 Å². The Labute approximate surface area is 98.8 Å². The SMILES string of the molecule is CC(C(N)=O)C(=O)NC(=S)c1ccccc1. The van der Waals surface area contributed by atoms with Gasteiger partial charge in [-0.3, -0.25) is 9.59 Å². The van der Waals surface area contributed by atoms with Crippen LogP contribution in [0.25, 0.3) is 0 Å². The maximum Gasteiger partial charge on any atom is 0.237 e. The van der Waals surface area contributed by atoms with Gasteiger partial charge in [0.15, 0.2) is 0 Å². The minimum Gasteiger partial charge on any atom is -0.369 e. The van der Waals surface area contributed by atoms with Crippen molar-refractivity contribution in [3.63, 3.8) is 0 Å². The molecule has 1 atom stereocenters. The number of hydrogen-bond acceptors (Lipinski definition) is 3. The van der Waals surface area contributed by atoms with Crippen molar-refractivity contribution < 1.29 is 9.59 Å². The van der Waals surface area contributed by atoms with Crippen LogP contribution in [0.2, 0.25) is 0 Å². The van der Waals surface area contributed by atoms with E-state index in [2.05, 4.69) is 5.32 Å². The lowest BCUT2D eigenvalue weighted by Gasteiger charge is -2.09. The van der Waals surface area contributed by atoms with Gasteiger partial charge in [-0.1, -0.05) is 42.5 Å². The van der Waals surface area contributed by atoms with Crippen molar-refractivity contribution in [1.82, 2.24) is 5.32 Å². The smallest absolute Gasteiger partial charge is 0.237 e. The van der Waals surface area contributed by atoms with Crippen LogP contribution in [-0.2, 0) is 9.59 Å². The second-order valence-corrected chi connectivity index (χ2v) is 3.72. The van der Waals surface area contributed by atoms with Crippen LogP contribution in [0.1, 0.15) is 12.5 Å². The summed E-state index contributed by atoms with van der Waals surface area (Å²) in [5.41, 5.74) is 5.73. The van der Waals surface area contributed by atoms with Crippen LogP contribution in [0, 0.1) is 5.92 Å². The highest BCUT2D eigenvalue weighted by molar-refractivity contribution is 7.80. The molecule has 3 N–H and O–H groups in total. The second kappa shape index (κ2) is 5.37. The summed E-state index contributed by atoms with van der Waals surface area (Å²) < 4.78 is 0. The van der Waals surface area contributed by atoms with Gasteiger partial charge in [0.25, 0.3) is 0 Å². The van der Waals surface area contributed by atoms with E-state index < -0.39 is 17.7 Å². The van der Waals surface area contributed by atoms with Crippen molar-refractivity contribution in [3.8, 4) is 0 Å². The zero-order valence-electron chi connectivity index (χ0n) is 8.77. The molecule has 0 radical (unpaired) electrons. The van der Waals surface area contributed by atoms with Gasteiger partial charge in [-0.2, -0.15) is 0 Å². The Morgan fingerprint density at radius 3 is 2.38 bits per heavy atom. The molecule has 0 fully saturated rings. The van der Waals surface area contributed by atoms with E-state index in [1.54, 1.807) is 12.1 Å². The number of benzene rings is 1. The summed E-state index contributed by atoms with van der Waals surface area (Å²) in [6, 6.07) is 9.02. The van der Waals surface area contributed by atoms with Crippen LogP contribution in [0.15, 0.2) is 30.3 Å². The lowest BCUT2D eigenvalue weighted by molar-refractivity contribution is -0.131. The van der Waals surface area contributed by atoms with E-state index in [-0.39, 0.29) is 0 Å². The molecule has 0 bridgehead atoms. The average Bonchev–Trinajstić information content (AvgIpc) is 2.28. The van der Waals surface area contributed by atoms with Gasteiger partial charge in [0, 0.05) is 5.56 Å². The van der Waals surface area contributed by atoms with E-state index in [1.165, 1.54) is 6.92 Å². The Kier molecular flexibility index (Phi) is 4.13. The van der Waals surface area contributed by atoms with Gasteiger partial charge in [0.1, 0.15) is 10.9 Å². The molecule has 1 aromatic carbocycles. The van der Waals surface area contributed by atoms with Crippen molar-refractivity contribution in [3.05, 3.63) is 35.9 Å². The molecule has 4 nitrogen and oxygen atoms in total. The molecule has 16 heavy (non-hydrogen) atoms. The Morgan fingerprint density at radius 2 is 1.88 bits per heavy atom. The van der Waals surface area contributed by atoms with Gasteiger partial charge in [-0.25, -0.2) is 0 Å². The van der Waals surface area contributed by atoms with E-state index >= 15 is 0 Å². The Balaban J connectivity index is 2.66. The fraction of sp³-hybridized carbons (Fsp3) is 0.182. The molecule has 5 heteroatoms. The van der Waals surface area contributed by atoms with E-state index in [0.717, 1.165) is 5.56 Å². The standard InChI is InChI=1S/C11H12N2O2S/c1-7(9(12)14)10(15)13-11(16)8-5-3-2-4-6-8/h2-7H,1H3,(H2,12,14)(H,13,15,16). The monoisotopic (exact) mass is 236 g/mol. The van der Waals surface area contributed by atoms with E-state index in [0.29, 0.717) is 4.99 Å². The molecule has 1 unspecified atom stereocenters. The molecule has 0 spiro atoms. The first-order valence-corrected chi connectivity index (χ1v) is 5.12. The molecule has 1 aromatic rings. The number of rotatable bonds is 3. The van der Waals surface area contributed by atoms with Crippen LogP contribution < -0.4 is 11.1 Å². The van der Waals surface area contributed by atoms with Crippen LogP contribution in [-0.4, -0.2) is 16.8 Å². The van der Waals surface area contributed by atoms with Crippen molar-refractivity contribution in [2.75, 3.05) is 0 Å². The van der Waals surface area contributed by atoms with Gasteiger partial charge >= 0.3 is 0 Å². The zero-order valence-corrected chi connectivity index (χ0v) is 9.58. The number of nitrogens with two attached hydrogens (primary N) is 1. The number of carbonyl (C=O) groups excluding carboxylic acids is 2. The topological polar surface area (TPSA) is 72.2 Å². The predicted octanol–water partition coefficient (Wildman–Crippen LogP) is 0.600. The molecule has 0 aromatic heterocycles. The minimum atomic E-state index is -0.887. The third-order valence-corrected chi connectivity index (χ3v) is 2.43. The number of amides is 2. The van der Waals surface area contributed by atoms with Crippen LogP contribution >= 0.6 is 12.2 Å². The third kappa shape index (κ3) is 3.13. The molecular formula is C11H12N2O2S. The maximum absolute atomic E-state index is 11.5. The lowest BCUT2D eigenvalue weighted by Crippen LogP contribution is -2.39. The summed E-state index contributed by atoms with van der Waals surface area (Å²) >= 11 is 5.02. The molecule has 0 saturated heterocycles. The van der Waals surface area contributed by atoms with Crippen LogP contribution in [0.3, 0.4) is 0 Å². The van der Waals surface area contributed by atoms with Gasteiger partial charge in [-0.15, -0.1) is 0 Å². The van der Waals surface area contributed by atoms with Crippen molar-refractivity contribution >= 4 is 29.0 Å². The summed E-state index contributed by atoms with van der Waals surface area (Å²) in [5.74, 6) is -2.05. The first kappa shape index (κ1) is 12.3. The molecule has 84 valence electrons. The van der Waals surface area contributed by atoms with Crippen molar-refractivity contribution in [2.45, 2.75) is 6.92 Å². The highest BCUT2D eigenvalue weighted by atomic mass is 32.1. The molecule has 0 aliphatic heterocycles. The van der Waals surface area contributed by atoms with E-state index in [4.69, 9.17) is 18.0 Å². The van der Waals surface area contributed by atoms with Gasteiger partial charge < -0.3 is 11.1 Å². The normalized spacial score (nSPS) is 11.6. The molecule has 0 saturated carbocycles. The molecule has 2 amide bonds. The number of nitrogens with one attached hydrogen (secondary N) is 1. The number of hydrogen-bond donors (Lipinski definition) is 2. The Bertz CT molecular complexity index is 417. The van der Waals surface area contributed by atoms with Gasteiger partial charge in [-0.05, 0) is 6.92 Å². The van der Waals surface area contributed by atoms with Gasteiger partial charge in [0.05, 0.1) is 0 Å². The third-order valence-electron chi connectivity index (χ3n) is 2.09.